The normalized spacial score (nSPS) is 15.1. The molecule has 3 rings (SSSR count). The fourth-order valence-corrected chi connectivity index (χ4v) is 4.76. The summed E-state index contributed by atoms with van der Waals surface area (Å²) in [5, 5.41) is 7.83. The van der Waals surface area contributed by atoms with E-state index in [1.807, 2.05) is 0 Å². The van der Waals surface area contributed by atoms with Crippen LogP contribution in [-0.2, 0) is 10.2 Å². The number of hydrogen-bond donors (Lipinski definition) is 2. The van der Waals surface area contributed by atoms with E-state index in [-0.39, 0.29) is 23.8 Å². The number of carbonyl (C=O) groups excluding carboxylic acids is 2. The Morgan fingerprint density at radius 1 is 1.10 bits per heavy atom. The summed E-state index contributed by atoms with van der Waals surface area (Å²) in [7, 11) is 0. The molecule has 1 aliphatic rings. The minimum absolute atomic E-state index is 0.0197. The first-order valence-corrected chi connectivity index (χ1v) is 11.3. The second-order valence-corrected chi connectivity index (χ2v) is 8.60. The van der Waals surface area contributed by atoms with Gasteiger partial charge in [-0.05, 0) is 55.0 Å². The van der Waals surface area contributed by atoms with E-state index in [9.17, 15) is 9.59 Å². The molecule has 0 atom stereocenters. The second kappa shape index (κ2) is 10.4. The van der Waals surface area contributed by atoms with Gasteiger partial charge >= 0.3 is 0 Å². The van der Waals surface area contributed by atoms with Crippen molar-refractivity contribution in [3.8, 4) is 5.75 Å². The van der Waals surface area contributed by atoms with Crippen molar-refractivity contribution in [2.75, 3.05) is 19.7 Å². The van der Waals surface area contributed by atoms with Crippen LogP contribution in [0.4, 0.5) is 0 Å². The van der Waals surface area contributed by atoms with E-state index in [1.165, 1.54) is 17.7 Å². The quantitative estimate of drug-likeness (QED) is 0.570. The zero-order chi connectivity index (χ0) is 20.5. The summed E-state index contributed by atoms with van der Waals surface area (Å²) in [6.45, 7) is 3.40. The number of unbranched alkanes of at least 4 members (excludes halogenated alkanes) is 1. The Hall–Kier alpha value is -2.34. The molecule has 2 amide bonds. The zero-order valence-electron chi connectivity index (χ0n) is 17.0. The number of amides is 2. The predicted octanol–water partition coefficient (Wildman–Crippen LogP) is 4.29. The lowest BCUT2D eigenvalue weighted by atomic mass is 9.84. The van der Waals surface area contributed by atoms with Crippen LogP contribution in [0.2, 0.25) is 0 Å². The van der Waals surface area contributed by atoms with Crippen molar-refractivity contribution < 1.29 is 14.3 Å². The molecule has 0 spiro atoms. The van der Waals surface area contributed by atoms with E-state index in [1.54, 1.807) is 35.6 Å². The molecule has 0 saturated heterocycles. The number of rotatable bonds is 10. The Labute approximate surface area is 176 Å². The van der Waals surface area contributed by atoms with E-state index in [0.717, 1.165) is 31.4 Å². The maximum atomic E-state index is 12.3. The van der Waals surface area contributed by atoms with Crippen LogP contribution in [0.25, 0.3) is 0 Å². The average Bonchev–Trinajstić information content (AvgIpc) is 3.44. The lowest BCUT2D eigenvalue weighted by Gasteiger charge is -2.28. The van der Waals surface area contributed by atoms with Crippen LogP contribution in [0, 0.1) is 0 Å². The summed E-state index contributed by atoms with van der Waals surface area (Å²) >= 11 is 1.76. The highest BCUT2D eigenvalue weighted by atomic mass is 32.1. The molecular formula is C23H30N2O3S. The molecule has 1 aromatic carbocycles. The molecule has 2 N–H and O–H groups in total. The smallest absolute Gasteiger partial charge is 0.251 e. The van der Waals surface area contributed by atoms with Gasteiger partial charge in [0, 0.05) is 22.4 Å². The number of nitrogens with one attached hydrogen (secondary N) is 2. The van der Waals surface area contributed by atoms with Gasteiger partial charge in [0.15, 0.2) is 0 Å². The van der Waals surface area contributed by atoms with Crippen LogP contribution >= 0.6 is 11.3 Å². The summed E-state index contributed by atoms with van der Waals surface area (Å²) in [6.07, 6.45) is 6.69. The number of benzene rings is 1. The SMILES string of the molecule is CCCCOc1ccc(C(=O)NCC(=O)NCC2(c3cccs3)CCCC2)cc1. The summed E-state index contributed by atoms with van der Waals surface area (Å²) in [5.41, 5.74) is 0.577. The standard InChI is InChI=1S/C23H30N2O3S/c1-2-3-14-28-19-10-8-18(9-11-19)22(27)24-16-21(26)25-17-23(12-4-5-13-23)20-7-6-15-29-20/h6-11,15H,2-5,12-14,16-17H2,1H3,(H,24,27)(H,25,26). The molecule has 5 nitrogen and oxygen atoms in total. The lowest BCUT2D eigenvalue weighted by Crippen LogP contribution is -2.43. The zero-order valence-corrected chi connectivity index (χ0v) is 17.9. The highest BCUT2D eigenvalue weighted by Crippen LogP contribution is 2.42. The van der Waals surface area contributed by atoms with Gasteiger partial charge in [0.1, 0.15) is 5.75 Å². The minimum atomic E-state index is -0.255. The van der Waals surface area contributed by atoms with Gasteiger partial charge in [-0.2, -0.15) is 0 Å². The third kappa shape index (κ3) is 5.82. The van der Waals surface area contributed by atoms with Crippen molar-refractivity contribution in [1.82, 2.24) is 10.6 Å². The maximum absolute atomic E-state index is 12.3. The van der Waals surface area contributed by atoms with Crippen LogP contribution < -0.4 is 15.4 Å². The molecule has 0 unspecified atom stereocenters. The average molecular weight is 415 g/mol. The van der Waals surface area contributed by atoms with Crippen molar-refractivity contribution in [2.45, 2.75) is 50.9 Å². The Morgan fingerprint density at radius 3 is 2.52 bits per heavy atom. The van der Waals surface area contributed by atoms with Crippen molar-refractivity contribution in [1.29, 1.82) is 0 Å². The molecule has 1 saturated carbocycles. The Kier molecular flexibility index (Phi) is 7.69. The van der Waals surface area contributed by atoms with Crippen molar-refractivity contribution >= 4 is 23.2 Å². The summed E-state index contributed by atoms with van der Waals surface area (Å²) in [5.74, 6) is 0.345. The van der Waals surface area contributed by atoms with Crippen LogP contribution in [0.3, 0.4) is 0 Å². The van der Waals surface area contributed by atoms with Gasteiger partial charge < -0.3 is 15.4 Å². The molecule has 0 bridgehead atoms. The van der Waals surface area contributed by atoms with E-state index in [0.29, 0.717) is 18.7 Å². The van der Waals surface area contributed by atoms with Gasteiger partial charge in [-0.3, -0.25) is 9.59 Å². The molecule has 1 fully saturated rings. The van der Waals surface area contributed by atoms with Gasteiger partial charge in [0.2, 0.25) is 5.91 Å². The van der Waals surface area contributed by atoms with Crippen LogP contribution in [-0.4, -0.2) is 31.5 Å². The topological polar surface area (TPSA) is 67.4 Å². The number of hydrogen-bond acceptors (Lipinski definition) is 4. The molecule has 1 aliphatic carbocycles. The first-order valence-electron chi connectivity index (χ1n) is 10.4. The fourth-order valence-electron chi connectivity index (χ4n) is 3.77. The second-order valence-electron chi connectivity index (χ2n) is 7.65. The summed E-state index contributed by atoms with van der Waals surface area (Å²) < 4.78 is 5.61. The Bertz CT molecular complexity index is 781. The monoisotopic (exact) mass is 414 g/mol. The summed E-state index contributed by atoms with van der Waals surface area (Å²) in [4.78, 5) is 26.0. The fraction of sp³-hybridized carbons (Fsp3) is 0.478. The van der Waals surface area contributed by atoms with Gasteiger partial charge in [-0.25, -0.2) is 0 Å². The van der Waals surface area contributed by atoms with Crippen molar-refractivity contribution in [3.05, 3.63) is 52.2 Å². The molecule has 0 radical (unpaired) electrons. The highest BCUT2D eigenvalue weighted by Gasteiger charge is 2.36. The van der Waals surface area contributed by atoms with Crippen molar-refractivity contribution in [2.24, 2.45) is 0 Å². The molecule has 6 heteroatoms. The maximum Gasteiger partial charge on any atom is 0.251 e. The molecule has 156 valence electrons. The molecular weight excluding hydrogens is 384 g/mol. The molecule has 1 heterocycles. The highest BCUT2D eigenvalue weighted by molar-refractivity contribution is 7.10. The first-order chi connectivity index (χ1) is 14.1. The van der Waals surface area contributed by atoms with E-state index < -0.39 is 0 Å². The van der Waals surface area contributed by atoms with Crippen LogP contribution in [0.15, 0.2) is 41.8 Å². The molecule has 0 aliphatic heterocycles. The first kappa shape index (κ1) is 21.4. The van der Waals surface area contributed by atoms with Gasteiger partial charge in [-0.15, -0.1) is 11.3 Å². The molecule has 1 aromatic heterocycles. The van der Waals surface area contributed by atoms with Crippen molar-refractivity contribution in [3.63, 3.8) is 0 Å². The Morgan fingerprint density at radius 2 is 1.86 bits per heavy atom. The number of ether oxygens (including phenoxy) is 1. The molecule has 29 heavy (non-hydrogen) atoms. The van der Waals surface area contributed by atoms with Gasteiger partial charge in [0.05, 0.1) is 13.2 Å². The van der Waals surface area contributed by atoms with Gasteiger partial charge in [-0.1, -0.05) is 32.3 Å². The Balaban J connectivity index is 1.44. The number of thiophene rings is 1. The van der Waals surface area contributed by atoms with E-state index >= 15 is 0 Å². The van der Waals surface area contributed by atoms with E-state index in [4.69, 9.17) is 4.74 Å². The van der Waals surface area contributed by atoms with Crippen LogP contribution in [0.5, 0.6) is 5.75 Å². The predicted molar refractivity (Wildman–Crippen MR) is 117 cm³/mol. The third-order valence-corrected chi connectivity index (χ3v) is 6.64. The summed E-state index contributed by atoms with van der Waals surface area (Å²) in [6, 6.07) is 11.3. The third-order valence-electron chi connectivity index (χ3n) is 5.52. The number of carbonyl (C=O) groups is 2. The van der Waals surface area contributed by atoms with Crippen LogP contribution in [0.1, 0.15) is 60.7 Å². The van der Waals surface area contributed by atoms with E-state index in [2.05, 4.69) is 35.1 Å². The largest absolute Gasteiger partial charge is 0.494 e. The van der Waals surface area contributed by atoms with Gasteiger partial charge in [0.25, 0.3) is 5.91 Å². The minimum Gasteiger partial charge on any atom is -0.494 e. The lowest BCUT2D eigenvalue weighted by molar-refractivity contribution is -0.120. The molecule has 2 aromatic rings.